The van der Waals surface area contributed by atoms with E-state index < -0.39 is 6.10 Å². The van der Waals surface area contributed by atoms with Crippen LogP contribution in [0.2, 0.25) is 0 Å². The average molecular weight is 326 g/mol. The van der Waals surface area contributed by atoms with E-state index in [0.29, 0.717) is 0 Å². The Morgan fingerprint density at radius 2 is 1.96 bits per heavy atom. The molecule has 1 fully saturated rings. The van der Waals surface area contributed by atoms with E-state index in [1.807, 2.05) is 0 Å². The Balaban J connectivity index is 2.59. The molecule has 0 aromatic carbocycles. The lowest BCUT2D eigenvalue weighted by Crippen LogP contribution is -2.29. The van der Waals surface area contributed by atoms with Crippen molar-refractivity contribution in [3.8, 4) is 11.8 Å². The maximum Gasteiger partial charge on any atom is 0.146 e. The van der Waals surface area contributed by atoms with Gasteiger partial charge in [-0.15, -0.1) is 0 Å². The van der Waals surface area contributed by atoms with E-state index in [1.165, 1.54) is 12.8 Å². The molecule has 4 nitrogen and oxygen atoms in total. The lowest BCUT2D eigenvalue weighted by Gasteiger charge is -2.24. The summed E-state index contributed by atoms with van der Waals surface area (Å²) < 4.78 is 16.5. The molecular formula is C19H34O4. The first-order valence-electron chi connectivity index (χ1n) is 8.85. The predicted molar refractivity (Wildman–Crippen MR) is 92.0 cm³/mol. The van der Waals surface area contributed by atoms with Crippen LogP contribution in [0.25, 0.3) is 0 Å². The number of aliphatic hydroxyl groups is 1. The van der Waals surface area contributed by atoms with Crippen molar-refractivity contribution in [3.63, 3.8) is 0 Å². The highest BCUT2D eigenvalue weighted by Crippen LogP contribution is 2.28. The minimum absolute atomic E-state index is 0.0332. The highest BCUT2D eigenvalue weighted by molar-refractivity contribution is 5.13. The molecular weight excluding hydrogens is 292 g/mol. The molecule has 1 N–H and O–H groups in total. The zero-order valence-electron chi connectivity index (χ0n) is 15.4. The van der Waals surface area contributed by atoms with Crippen molar-refractivity contribution in [1.82, 2.24) is 0 Å². The number of hydrogen-bond acceptors (Lipinski definition) is 4. The Labute approximate surface area is 141 Å². The van der Waals surface area contributed by atoms with Gasteiger partial charge in [0.2, 0.25) is 0 Å². The van der Waals surface area contributed by atoms with Crippen LogP contribution >= 0.6 is 0 Å². The zero-order valence-corrected chi connectivity index (χ0v) is 15.4. The maximum absolute atomic E-state index is 10.3. The van der Waals surface area contributed by atoms with E-state index in [9.17, 15) is 5.11 Å². The monoisotopic (exact) mass is 326 g/mol. The summed E-state index contributed by atoms with van der Waals surface area (Å²) in [5.41, 5.74) is -0.204. The van der Waals surface area contributed by atoms with Crippen LogP contribution in [0.1, 0.15) is 66.2 Å². The van der Waals surface area contributed by atoms with E-state index in [1.54, 1.807) is 7.11 Å². The summed E-state index contributed by atoms with van der Waals surface area (Å²) in [6.07, 6.45) is 5.38. The van der Waals surface area contributed by atoms with Gasteiger partial charge in [0, 0.05) is 13.0 Å². The molecule has 0 radical (unpaired) electrons. The fraction of sp³-hybridized carbons (Fsp3) is 0.895. The standard InChI is InChI=1S/C19H34O4/c1-6-7-8-9-16(23-19(2,3)4)12-10-15-11-13-17(18(15)20)22-14-21-5/h15-18,20H,6-9,11,13-14H2,1-5H3. The lowest BCUT2D eigenvalue weighted by atomic mass is 10.0. The largest absolute Gasteiger partial charge is 0.389 e. The van der Waals surface area contributed by atoms with Gasteiger partial charge in [-0.25, -0.2) is 0 Å². The van der Waals surface area contributed by atoms with Gasteiger partial charge in [-0.3, -0.25) is 0 Å². The molecule has 134 valence electrons. The predicted octanol–water partition coefficient (Wildman–Crippen LogP) is 3.51. The fourth-order valence-corrected chi connectivity index (χ4v) is 2.81. The molecule has 1 aliphatic carbocycles. The van der Waals surface area contributed by atoms with Crippen molar-refractivity contribution in [2.75, 3.05) is 13.9 Å². The number of rotatable bonds is 8. The van der Waals surface area contributed by atoms with Crippen LogP contribution in [-0.4, -0.2) is 42.9 Å². The second-order valence-corrected chi connectivity index (χ2v) is 7.29. The summed E-state index contributed by atoms with van der Waals surface area (Å²) in [7, 11) is 1.59. The number of hydrogen-bond donors (Lipinski definition) is 1. The maximum atomic E-state index is 10.3. The molecule has 0 saturated heterocycles. The molecule has 4 unspecified atom stereocenters. The second kappa shape index (κ2) is 10.3. The minimum atomic E-state index is -0.538. The van der Waals surface area contributed by atoms with Crippen LogP contribution in [0.15, 0.2) is 0 Å². The van der Waals surface area contributed by atoms with Gasteiger partial charge in [-0.05, 0) is 46.5 Å². The summed E-state index contributed by atoms with van der Waals surface area (Å²) >= 11 is 0. The Kier molecular flexibility index (Phi) is 9.16. The Hall–Kier alpha value is -0.600. The van der Waals surface area contributed by atoms with Crippen LogP contribution < -0.4 is 0 Å². The van der Waals surface area contributed by atoms with Crippen molar-refractivity contribution in [3.05, 3.63) is 0 Å². The molecule has 0 bridgehead atoms. The van der Waals surface area contributed by atoms with Gasteiger partial charge >= 0.3 is 0 Å². The third kappa shape index (κ3) is 8.17. The van der Waals surface area contributed by atoms with Gasteiger partial charge in [0.1, 0.15) is 12.9 Å². The van der Waals surface area contributed by atoms with Crippen molar-refractivity contribution in [1.29, 1.82) is 0 Å². The van der Waals surface area contributed by atoms with Gasteiger partial charge in [0.15, 0.2) is 0 Å². The van der Waals surface area contributed by atoms with Crippen LogP contribution in [-0.2, 0) is 14.2 Å². The van der Waals surface area contributed by atoms with E-state index in [4.69, 9.17) is 14.2 Å². The van der Waals surface area contributed by atoms with Gasteiger partial charge in [-0.1, -0.05) is 31.6 Å². The highest BCUT2D eigenvalue weighted by atomic mass is 16.7. The molecule has 0 aromatic rings. The SMILES string of the molecule is CCCCCC(C#CC1CCC(OCOC)C1O)OC(C)(C)C. The lowest BCUT2D eigenvalue weighted by molar-refractivity contribution is -0.104. The molecule has 0 aromatic heterocycles. The first kappa shape index (κ1) is 20.4. The number of ether oxygens (including phenoxy) is 3. The Bertz CT molecular complexity index is 377. The summed E-state index contributed by atoms with van der Waals surface area (Å²) in [6.45, 7) is 8.58. The summed E-state index contributed by atoms with van der Waals surface area (Å²) in [4.78, 5) is 0. The van der Waals surface area contributed by atoms with Gasteiger partial charge in [0.05, 0.1) is 17.8 Å². The summed E-state index contributed by atoms with van der Waals surface area (Å²) in [6, 6.07) is 0. The molecule has 4 atom stereocenters. The van der Waals surface area contributed by atoms with Crippen LogP contribution in [0.3, 0.4) is 0 Å². The molecule has 1 aliphatic rings. The summed E-state index contributed by atoms with van der Waals surface area (Å²) in [5, 5.41) is 10.3. The average Bonchev–Trinajstić information content (AvgIpc) is 2.82. The van der Waals surface area contributed by atoms with E-state index in [2.05, 4.69) is 39.5 Å². The van der Waals surface area contributed by atoms with Crippen molar-refractivity contribution in [2.45, 2.75) is 90.1 Å². The van der Waals surface area contributed by atoms with Gasteiger partial charge < -0.3 is 19.3 Å². The fourth-order valence-electron chi connectivity index (χ4n) is 2.81. The van der Waals surface area contributed by atoms with E-state index in [-0.39, 0.29) is 30.5 Å². The highest BCUT2D eigenvalue weighted by Gasteiger charge is 2.34. The van der Waals surface area contributed by atoms with E-state index >= 15 is 0 Å². The van der Waals surface area contributed by atoms with Crippen molar-refractivity contribution >= 4 is 0 Å². The number of aliphatic hydroxyl groups excluding tert-OH is 1. The molecule has 0 aliphatic heterocycles. The zero-order chi connectivity index (χ0) is 17.3. The van der Waals surface area contributed by atoms with Gasteiger partial charge in [0.25, 0.3) is 0 Å². The van der Waals surface area contributed by atoms with Crippen molar-refractivity contribution < 1.29 is 19.3 Å². The van der Waals surface area contributed by atoms with Crippen LogP contribution in [0.4, 0.5) is 0 Å². The van der Waals surface area contributed by atoms with Crippen LogP contribution in [0, 0.1) is 17.8 Å². The van der Waals surface area contributed by atoms with Crippen molar-refractivity contribution in [2.24, 2.45) is 5.92 Å². The normalized spacial score (nSPS) is 25.9. The third-order valence-corrected chi connectivity index (χ3v) is 3.95. The summed E-state index contributed by atoms with van der Waals surface area (Å²) in [5.74, 6) is 6.47. The molecule has 0 heterocycles. The number of unbranched alkanes of at least 4 members (excludes halogenated alkanes) is 2. The minimum Gasteiger partial charge on any atom is -0.389 e. The molecule has 0 spiro atoms. The first-order chi connectivity index (χ1) is 10.9. The third-order valence-electron chi connectivity index (χ3n) is 3.95. The quantitative estimate of drug-likeness (QED) is 0.421. The second-order valence-electron chi connectivity index (χ2n) is 7.29. The molecule has 0 amide bonds. The number of methoxy groups -OCH3 is 1. The van der Waals surface area contributed by atoms with E-state index in [0.717, 1.165) is 25.7 Å². The Morgan fingerprint density at radius 1 is 1.22 bits per heavy atom. The van der Waals surface area contributed by atoms with Crippen LogP contribution in [0.5, 0.6) is 0 Å². The topological polar surface area (TPSA) is 47.9 Å². The van der Waals surface area contributed by atoms with Gasteiger partial charge in [-0.2, -0.15) is 0 Å². The molecule has 1 saturated carbocycles. The smallest absolute Gasteiger partial charge is 0.146 e. The molecule has 23 heavy (non-hydrogen) atoms. The molecule has 4 heteroatoms. The molecule has 1 rings (SSSR count). The Morgan fingerprint density at radius 3 is 2.57 bits per heavy atom. The first-order valence-corrected chi connectivity index (χ1v) is 8.85.